The number of rotatable bonds is 4. The highest BCUT2D eigenvalue weighted by Gasteiger charge is 2.17. The minimum Gasteiger partial charge on any atom is -0.371 e. The molecule has 0 saturated carbocycles. The largest absolute Gasteiger partial charge is 0.371 e. The van der Waals surface area contributed by atoms with Crippen molar-refractivity contribution in [2.75, 3.05) is 18.0 Å². The Morgan fingerprint density at radius 2 is 1.88 bits per heavy atom. The molecular weight excluding hydrogens is 320 g/mol. The lowest BCUT2D eigenvalue weighted by Crippen LogP contribution is -2.34. The molecule has 1 amide bonds. The maximum Gasteiger partial charge on any atom is 0.252 e. The molecule has 138 valence electrons. The molecule has 3 nitrogen and oxygen atoms in total. The Labute approximate surface area is 157 Å². The SMILES string of the molecule is Cc1ccc(C(=O)NC(C)c2ccc(N3CCCC(C)C3)cc2)c(C)c1. The lowest BCUT2D eigenvalue weighted by atomic mass is 9.99. The van der Waals surface area contributed by atoms with Crippen molar-refractivity contribution >= 4 is 11.6 Å². The Morgan fingerprint density at radius 3 is 2.54 bits per heavy atom. The second-order valence-corrected chi connectivity index (χ2v) is 7.80. The van der Waals surface area contributed by atoms with Crippen LogP contribution in [-0.4, -0.2) is 19.0 Å². The minimum atomic E-state index is -0.0162. The number of hydrogen-bond acceptors (Lipinski definition) is 2. The van der Waals surface area contributed by atoms with Crippen molar-refractivity contribution in [2.45, 2.75) is 46.6 Å². The van der Waals surface area contributed by atoms with E-state index in [4.69, 9.17) is 0 Å². The standard InChI is InChI=1S/C23H30N2O/c1-16-7-12-22(18(3)14-16)23(26)24-19(4)20-8-10-21(11-9-20)25-13-5-6-17(2)15-25/h7-12,14,17,19H,5-6,13,15H2,1-4H3,(H,24,26). The fourth-order valence-corrected chi connectivity index (χ4v) is 3.82. The summed E-state index contributed by atoms with van der Waals surface area (Å²) in [4.78, 5) is 15.1. The van der Waals surface area contributed by atoms with E-state index in [-0.39, 0.29) is 11.9 Å². The van der Waals surface area contributed by atoms with Crippen molar-refractivity contribution in [3.05, 3.63) is 64.7 Å². The van der Waals surface area contributed by atoms with E-state index in [1.165, 1.54) is 24.1 Å². The Hall–Kier alpha value is -2.29. The van der Waals surface area contributed by atoms with Crippen LogP contribution in [0.5, 0.6) is 0 Å². The molecule has 1 aliphatic rings. The van der Waals surface area contributed by atoms with E-state index in [1.54, 1.807) is 0 Å². The Bertz CT molecular complexity index is 766. The number of carbonyl (C=O) groups excluding carboxylic acids is 1. The summed E-state index contributed by atoms with van der Waals surface area (Å²) in [6.07, 6.45) is 2.60. The van der Waals surface area contributed by atoms with E-state index in [0.29, 0.717) is 0 Å². The normalized spacial score (nSPS) is 18.5. The average molecular weight is 351 g/mol. The first-order valence-electron chi connectivity index (χ1n) is 9.67. The molecular formula is C23H30N2O. The number of amides is 1. The third-order valence-electron chi connectivity index (χ3n) is 5.39. The molecule has 3 rings (SSSR count). The van der Waals surface area contributed by atoms with E-state index < -0.39 is 0 Å². The van der Waals surface area contributed by atoms with Gasteiger partial charge >= 0.3 is 0 Å². The van der Waals surface area contributed by atoms with Crippen molar-refractivity contribution in [2.24, 2.45) is 5.92 Å². The Morgan fingerprint density at radius 1 is 1.15 bits per heavy atom. The summed E-state index contributed by atoms with van der Waals surface area (Å²) in [6.45, 7) is 10.7. The van der Waals surface area contributed by atoms with Crippen LogP contribution in [0.15, 0.2) is 42.5 Å². The highest BCUT2D eigenvalue weighted by Crippen LogP contribution is 2.25. The van der Waals surface area contributed by atoms with Gasteiger partial charge in [0.2, 0.25) is 0 Å². The highest BCUT2D eigenvalue weighted by atomic mass is 16.1. The average Bonchev–Trinajstić information content (AvgIpc) is 2.61. The molecule has 2 aromatic rings. The van der Waals surface area contributed by atoms with Gasteiger partial charge in [0, 0.05) is 24.3 Å². The number of hydrogen-bond donors (Lipinski definition) is 1. The summed E-state index contributed by atoms with van der Waals surface area (Å²) < 4.78 is 0. The molecule has 1 heterocycles. The molecule has 2 unspecified atom stereocenters. The summed E-state index contributed by atoms with van der Waals surface area (Å²) in [5, 5.41) is 3.13. The van der Waals surface area contributed by atoms with Crippen LogP contribution in [-0.2, 0) is 0 Å². The van der Waals surface area contributed by atoms with Gasteiger partial charge < -0.3 is 10.2 Å². The molecule has 2 atom stereocenters. The maximum absolute atomic E-state index is 12.6. The summed E-state index contributed by atoms with van der Waals surface area (Å²) >= 11 is 0. The summed E-state index contributed by atoms with van der Waals surface area (Å²) in [7, 11) is 0. The van der Waals surface area contributed by atoms with Crippen LogP contribution in [0.1, 0.15) is 59.8 Å². The molecule has 1 saturated heterocycles. The third-order valence-corrected chi connectivity index (χ3v) is 5.39. The van der Waals surface area contributed by atoms with Crippen LogP contribution in [0.2, 0.25) is 0 Å². The van der Waals surface area contributed by atoms with Crippen LogP contribution in [0.3, 0.4) is 0 Å². The molecule has 0 aromatic heterocycles. The van der Waals surface area contributed by atoms with Crippen LogP contribution < -0.4 is 10.2 Å². The van der Waals surface area contributed by atoms with E-state index in [9.17, 15) is 4.79 Å². The van der Waals surface area contributed by atoms with E-state index in [1.807, 2.05) is 39.0 Å². The van der Waals surface area contributed by atoms with Gasteiger partial charge in [0.25, 0.3) is 5.91 Å². The molecule has 0 radical (unpaired) electrons. The molecule has 0 bridgehead atoms. The van der Waals surface area contributed by atoms with E-state index >= 15 is 0 Å². The topological polar surface area (TPSA) is 32.3 Å². The highest BCUT2D eigenvalue weighted by molar-refractivity contribution is 5.95. The first-order valence-corrected chi connectivity index (χ1v) is 9.67. The van der Waals surface area contributed by atoms with Gasteiger partial charge in [-0.25, -0.2) is 0 Å². The molecule has 1 aliphatic heterocycles. The lowest BCUT2D eigenvalue weighted by molar-refractivity contribution is 0.0939. The van der Waals surface area contributed by atoms with E-state index in [2.05, 4.69) is 41.4 Å². The number of carbonyl (C=O) groups is 1. The quantitative estimate of drug-likeness (QED) is 0.839. The summed E-state index contributed by atoms with van der Waals surface area (Å²) in [5.74, 6) is 0.753. The number of nitrogens with one attached hydrogen (secondary N) is 1. The van der Waals surface area contributed by atoms with Gasteiger partial charge in [-0.15, -0.1) is 0 Å². The Kier molecular flexibility index (Phi) is 5.65. The monoisotopic (exact) mass is 350 g/mol. The fraction of sp³-hybridized carbons (Fsp3) is 0.435. The van der Waals surface area contributed by atoms with Gasteiger partial charge in [-0.05, 0) is 68.9 Å². The summed E-state index contributed by atoms with van der Waals surface area (Å²) in [6, 6.07) is 14.6. The first kappa shape index (κ1) is 18.5. The second kappa shape index (κ2) is 7.94. The van der Waals surface area contributed by atoms with Crippen molar-refractivity contribution in [1.29, 1.82) is 0 Å². The molecule has 0 aliphatic carbocycles. The molecule has 0 spiro atoms. The number of benzene rings is 2. The second-order valence-electron chi connectivity index (χ2n) is 7.80. The van der Waals surface area contributed by atoms with Crippen LogP contribution in [0.4, 0.5) is 5.69 Å². The van der Waals surface area contributed by atoms with Gasteiger partial charge in [0.15, 0.2) is 0 Å². The number of anilines is 1. The number of piperidine rings is 1. The number of nitrogens with zero attached hydrogens (tertiary/aromatic N) is 1. The van der Waals surface area contributed by atoms with E-state index in [0.717, 1.165) is 35.7 Å². The van der Waals surface area contributed by atoms with Gasteiger partial charge in [-0.3, -0.25) is 4.79 Å². The molecule has 26 heavy (non-hydrogen) atoms. The fourth-order valence-electron chi connectivity index (χ4n) is 3.82. The van der Waals surface area contributed by atoms with Crippen molar-refractivity contribution in [1.82, 2.24) is 5.32 Å². The number of aryl methyl sites for hydroxylation is 2. The first-order chi connectivity index (χ1) is 12.4. The minimum absolute atomic E-state index is 0.0102. The zero-order chi connectivity index (χ0) is 18.7. The smallest absolute Gasteiger partial charge is 0.252 e. The van der Waals surface area contributed by atoms with Gasteiger partial charge in [0.1, 0.15) is 0 Å². The molecule has 3 heteroatoms. The van der Waals surface area contributed by atoms with Crippen molar-refractivity contribution in [3.8, 4) is 0 Å². The van der Waals surface area contributed by atoms with Gasteiger partial charge in [-0.2, -0.15) is 0 Å². The lowest BCUT2D eigenvalue weighted by Gasteiger charge is -2.33. The van der Waals surface area contributed by atoms with Crippen molar-refractivity contribution < 1.29 is 4.79 Å². The molecule has 1 fully saturated rings. The van der Waals surface area contributed by atoms with Crippen LogP contribution >= 0.6 is 0 Å². The summed E-state index contributed by atoms with van der Waals surface area (Å²) in [5.41, 5.74) is 5.37. The maximum atomic E-state index is 12.6. The zero-order valence-electron chi connectivity index (χ0n) is 16.4. The van der Waals surface area contributed by atoms with Crippen LogP contribution in [0.25, 0.3) is 0 Å². The predicted molar refractivity (Wildman–Crippen MR) is 109 cm³/mol. The molecule has 1 N–H and O–H groups in total. The predicted octanol–water partition coefficient (Wildman–Crippen LogP) is 5.03. The van der Waals surface area contributed by atoms with Crippen LogP contribution in [0, 0.1) is 19.8 Å². The van der Waals surface area contributed by atoms with Crippen molar-refractivity contribution in [3.63, 3.8) is 0 Å². The Balaban J connectivity index is 1.66. The third kappa shape index (κ3) is 4.27. The van der Waals surface area contributed by atoms with Gasteiger partial charge in [-0.1, -0.05) is 36.8 Å². The van der Waals surface area contributed by atoms with Gasteiger partial charge in [0.05, 0.1) is 6.04 Å². The molecule has 2 aromatic carbocycles. The zero-order valence-corrected chi connectivity index (χ0v) is 16.4.